The second kappa shape index (κ2) is 14.7. The average Bonchev–Trinajstić information content (AvgIpc) is 2.34. The first-order valence-electron chi connectivity index (χ1n) is 8.13. The second-order valence-electron chi connectivity index (χ2n) is 6.96. The Morgan fingerprint density at radius 1 is 0.783 bits per heavy atom. The zero-order valence-electron chi connectivity index (χ0n) is 16.0. The van der Waals surface area contributed by atoms with Gasteiger partial charge in [-0.15, -0.1) is 0 Å². The van der Waals surface area contributed by atoms with Crippen LogP contribution in [0.15, 0.2) is 0 Å². The Morgan fingerprint density at radius 3 is 1.43 bits per heavy atom. The molecule has 0 aromatic heterocycles. The second-order valence-corrected chi connectivity index (χ2v) is 6.96. The quantitative estimate of drug-likeness (QED) is 0.214. The maximum absolute atomic E-state index is 11.4. The molecular formula is C17H30KNaO4. The van der Waals surface area contributed by atoms with E-state index in [-0.39, 0.29) is 87.4 Å². The summed E-state index contributed by atoms with van der Waals surface area (Å²) >= 11 is 0. The number of rotatable bonds is 11. The van der Waals surface area contributed by atoms with Crippen molar-refractivity contribution in [3.63, 3.8) is 0 Å². The van der Waals surface area contributed by atoms with Gasteiger partial charge < -0.3 is 19.8 Å². The largest absolute Gasteiger partial charge is 1.00 e. The molecule has 0 N–H and O–H groups in total. The van der Waals surface area contributed by atoms with Crippen LogP contribution in [0.1, 0.15) is 85.5 Å². The summed E-state index contributed by atoms with van der Waals surface area (Å²) in [5.41, 5.74) is -2.83. The Morgan fingerprint density at radius 2 is 1.13 bits per heavy atom. The third-order valence-electron chi connectivity index (χ3n) is 4.38. The van der Waals surface area contributed by atoms with Crippen LogP contribution >= 0.6 is 0 Å². The molecule has 0 amide bonds. The van der Waals surface area contributed by atoms with Crippen molar-refractivity contribution in [3.8, 4) is 0 Å². The van der Waals surface area contributed by atoms with Crippen LogP contribution in [0, 0.1) is 10.8 Å². The smallest absolute Gasteiger partial charge is 0.549 e. The number of hydrogen-bond acceptors (Lipinski definition) is 4. The van der Waals surface area contributed by atoms with Crippen LogP contribution in [-0.4, -0.2) is 11.9 Å². The van der Waals surface area contributed by atoms with E-state index in [1.165, 1.54) is 25.7 Å². The van der Waals surface area contributed by atoms with E-state index in [9.17, 15) is 19.8 Å². The van der Waals surface area contributed by atoms with Crippen molar-refractivity contribution in [2.24, 2.45) is 10.8 Å². The summed E-state index contributed by atoms with van der Waals surface area (Å²) in [6.07, 6.45) is 8.55. The fourth-order valence-electron chi connectivity index (χ4n) is 2.80. The third kappa shape index (κ3) is 9.74. The van der Waals surface area contributed by atoms with Gasteiger partial charge in [0.25, 0.3) is 0 Å². The summed E-state index contributed by atoms with van der Waals surface area (Å²) in [4.78, 5) is 22.8. The fourth-order valence-corrected chi connectivity index (χ4v) is 2.80. The van der Waals surface area contributed by atoms with Gasteiger partial charge in [0.05, 0.1) is 17.4 Å². The molecule has 6 heteroatoms. The number of carbonyl (C=O) groups excluding carboxylic acids is 2. The van der Waals surface area contributed by atoms with Gasteiger partial charge in [0, 0.05) is 0 Å². The van der Waals surface area contributed by atoms with E-state index < -0.39 is 22.8 Å². The zero-order chi connectivity index (χ0) is 16.5. The van der Waals surface area contributed by atoms with Gasteiger partial charge in [-0.25, -0.2) is 0 Å². The molecule has 0 saturated heterocycles. The Kier molecular flexibility index (Phi) is 18.8. The Hall–Kier alpha value is 1.58. The summed E-state index contributed by atoms with van der Waals surface area (Å²) in [5.74, 6) is -3.06. The molecule has 0 radical (unpaired) electrons. The molecule has 0 spiro atoms. The van der Waals surface area contributed by atoms with E-state index in [2.05, 4.69) is 6.92 Å². The summed E-state index contributed by atoms with van der Waals surface area (Å²) in [7, 11) is 0. The number of carboxylic acids is 2. The first-order valence-corrected chi connectivity index (χ1v) is 8.13. The topological polar surface area (TPSA) is 80.3 Å². The minimum Gasteiger partial charge on any atom is -0.549 e. The fraction of sp³-hybridized carbons (Fsp3) is 0.882. The van der Waals surface area contributed by atoms with Crippen molar-refractivity contribution < 1.29 is 101 Å². The molecule has 23 heavy (non-hydrogen) atoms. The van der Waals surface area contributed by atoms with Crippen LogP contribution in [-0.2, 0) is 9.59 Å². The maximum atomic E-state index is 11.4. The van der Waals surface area contributed by atoms with E-state index in [0.29, 0.717) is 6.42 Å². The first kappa shape index (κ1) is 29.3. The van der Waals surface area contributed by atoms with Gasteiger partial charge in [0.1, 0.15) is 0 Å². The van der Waals surface area contributed by atoms with E-state index in [0.717, 1.165) is 19.3 Å². The first-order chi connectivity index (χ1) is 9.70. The van der Waals surface area contributed by atoms with E-state index >= 15 is 0 Å². The van der Waals surface area contributed by atoms with Crippen LogP contribution in [0.4, 0.5) is 0 Å². The number of aliphatic carboxylic acids is 2. The summed E-state index contributed by atoms with van der Waals surface area (Å²) in [5, 5.41) is 22.8. The molecule has 0 aromatic carbocycles. The van der Waals surface area contributed by atoms with Gasteiger partial charge in [0.15, 0.2) is 0 Å². The monoisotopic (exact) mass is 360 g/mol. The summed E-state index contributed by atoms with van der Waals surface area (Å²) in [6, 6.07) is 0. The van der Waals surface area contributed by atoms with Crippen molar-refractivity contribution in [1.29, 1.82) is 0 Å². The van der Waals surface area contributed by atoms with E-state index in [4.69, 9.17) is 0 Å². The summed E-state index contributed by atoms with van der Waals surface area (Å²) < 4.78 is 0. The van der Waals surface area contributed by atoms with Crippen LogP contribution in [0.5, 0.6) is 0 Å². The SMILES string of the molecule is CCCCCCCCCCC(C(=O)[O-])(C(=O)[O-])C(C)(C)C.[K+].[Na+]. The van der Waals surface area contributed by atoms with Crippen LogP contribution < -0.4 is 91.2 Å². The number of carboxylic acid groups (broad SMARTS) is 2. The zero-order valence-corrected chi connectivity index (χ0v) is 21.1. The van der Waals surface area contributed by atoms with Gasteiger partial charge in [-0.2, -0.15) is 0 Å². The molecule has 0 aliphatic rings. The molecule has 4 nitrogen and oxygen atoms in total. The molecule has 0 atom stereocenters. The van der Waals surface area contributed by atoms with Crippen LogP contribution in [0.3, 0.4) is 0 Å². The minimum absolute atomic E-state index is 0. The van der Waals surface area contributed by atoms with Crippen molar-refractivity contribution in [2.75, 3.05) is 0 Å². The molecular weight excluding hydrogens is 330 g/mol. The number of hydrogen-bond donors (Lipinski definition) is 0. The molecule has 0 aromatic rings. The van der Waals surface area contributed by atoms with Crippen molar-refractivity contribution in [3.05, 3.63) is 0 Å². The molecule has 0 saturated carbocycles. The standard InChI is InChI=1S/C17H32O4.K.Na/c1-5-6-7-8-9-10-11-12-13-17(14(18)19,15(20)21)16(2,3)4;;/h5-13H2,1-4H3,(H,18,19)(H,20,21);;/q;2*+1/p-2. The Balaban J connectivity index is -0.00000200. The normalized spacial score (nSPS) is 11.3. The van der Waals surface area contributed by atoms with Crippen LogP contribution in [0.2, 0.25) is 0 Å². The molecule has 0 fully saturated rings. The third-order valence-corrected chi connectivity index (χ3v) is 4.38. The minimum atomic E-state index is -1.91. The summed E-state index contributed by atoms with van der Waals surface area (Å²) in [6.45, 7) is 7.02. The van der Waals surface area contributed by atoms with Gasteiger partial charge in [0.2, 0.25) is 0 Å². The predicted octanol–water partition coefficient (Wildman–Crippen LogP) is -3.94. The Bertz CT molecular complexity index is 326. The Labute approximate surface area is 206 Å². The van der Waals surface area contributed by atoms with Gasteiger partial charge >= 0.3 is 80.9 Å². The number of unbranched alkanes of at least 4 members (excludes halogenated alkanes) is 7. The van der Waals surface area contributed by atoms with Crippen molar-refractivity contribution >= 4 is 11.9 Å². The van der Waals surface area contributed by atoms with E-state index in [1.54, 1.807) is 20.8 Å². The molecule has 0 unspecified atom stereocenters. The number of carbonyl (C=O) groups is 2. The van der Waals surface area contributed by atoms with Crippen molar-refractivity contribution in [2.45, 2.75) is 85.5 Å². The molecule has 0 heterocycles. The van der Waals surface area contributed by atoms with Gasteiger partial charge in [-0.3, -0.25) is 0 Å². The van der Waals surface area contributed by atoms with Crippen molar-refractivity contribution in [1.82, 2.24) is 0 Å². The molecule has 0 bridgehead atoms. The van der Waals surface area contributed by atoms with Gasteiger partial charge in [-0.1, -0.05) is 79.1 Å². The van der Waals surface area contributed by atoms with E-state index in [1.807, 2.05) is 0 Å². The average molecular weight is 361 g/mol. The molecule has 124 valence electrons. The predicted molar refractivity (Wildman–Crippen MR) is 79.1 cm³/mol. The van der Waals surface area contributed by atoms with Gasteiger partial charge in [-0.05, 0) is 11.8 Å². The molecule has 0 aliphatic heterocycles. The molecule has 0 aliphatic carbocycles. The van der Waals surface area contributed by atoms with Crippen LogP contribution in [0.25, 0.3) is 0 Å². The molecule has 0 rings (SSSR count). The maximum Gasteiger partial charge on any atom is 1.00 e.